The van der Waals surface area contributed by atoms with Gasteiger partial charge in [0.25, 0.3) is 0 Å². The Labute approximate surface area is 181 Å². The number of rotatable bonds is 2. The zero-order chi connectivity index (χ0) is 23.0. The van der Waals surface area contributed by atoms with E-state index in [1.165, 1.54) is 13.8 Å². The second-order valence-corrected chi connectivity index (χ2v) is 10.0. The highest BCUT2D eigenvalue weighted by Crippen LogP contribution is 2.65. The number of esters is 2. The minimum Gasteiger partial charge on any atom is -0.455 e. The van der Waals surface area contributed by atoms with E-state index in [2.05, 4.69) is 6.58 Å². The van der Waals surface area contributed by atoms with Crippen LogP contribution in [-0.4, -0.2) is 46.9 Å². The van der Waals surface area contributed by atoms with E-state index in [9.17, 15) is 24.3 Å². The van der Waals surface area contributed by atoms with Crippen LogP contribution in [0.2, 0.25) is 0 Å². The van der Waals surface area contributed by atoms with Crippen LogP contribution in [0.5, 0.6) is 0 Å². The van der Waals surface area contributed by atoms with E-state index >= 15 is 0 Å². The second-order valence-electron chi connectivity index (χ2n) is 10.0. The average molecular weight is 430 g/mol. The molecule has 4 rings (SSSR count). The van der Waals surface area contributed by atoms with Gasteiger partial charge in [0.1, 0.15) is 6.10 Å². The van der Waals surface area contributed by atoms with Gasteiger partial charge in [-0.05, 0) is 31.1 Å². The number of fused-ring (bicyclic) bond motifs is 2. The number of Topliss-reactive ketones (excluding diaryl/α,β-unsaturated/α-hetero) is 2. The fourth-order valence-corrected chi connectivity index (χ4v) is 6.40. The van der Waals surface area contributed by atoms with Crippen molar-refractivity contribution < 1.29 is 33.8 Å². The van der Waals surface area contributed by atoms with E-state index < -0.39 is 52.8 Å². The highest BCUT2D eigenvalue weighted by atomic mass is 16.6. The Kier molecular flexibility index (Phi) is 4.85. The smallest absolute Gasteiger partial charge is 0.303 e. The largest absolute Gasteiger partial charge is 0.455 e. The molecule has 1 spiro atoms. The van der Waals surface area contributed by atoms with Gasteiger partial charge in [0.05, 0.1) is 5.41 Å². The third-order valence-electron chi connectivity index (χ3n) is 8.15. The molecule has 8 atom stereocenters. The number of aliphatic hydroxyl groups is 1. The van der Waals surface area contributed by atoms with Gasteiger partial charge in [-0.25, -0.2) is 0 Å². The van der Waals surface area contributed by atoms with Crippen LogP contribution in [0.15, 0.2) is 23.3 Å². The molecule has 0 radical (unpaired) electrons. The average Bonchev–Trinajstić information content (AvgIpc) is 3.34. The maximum atomic E-state index is 13.9. The quantitative estimate of drug-likeness (QED) is 0.529. The molecule has 7 heteroatoms. The molecule has 0 saturated heterocycles. The molecule has 1 N–H and O–H groups in total. The highest BCUT2D eigenvalue weighted by molar-refractivity contribution is 6.20. The van der Waals surface area contributed by atoms with Crippen molar-refractivity contribution in [3.05, 3.63) is 23.3 Å². The van der Waals surface area contributed by atoms with E-state index in [1.807, 2.05) is 20.8 Å². The number of carbonyl (C=O) groups is 4. The molecule has 4 aliphatic rings. The van der Waals surface area contributed by atoms with Gasteiger partial charge in [-0.1, -0.05) is 32.9 Å². The number of hydrogen-bond acceptors (Lipinski definition) is 7. The zero-order valence-corrected chi connectivity index (χ0v) is 18.7. The molecule has 2 saturated carbocycles. The van der Waals surface area contributed by atoms with E-state index in [0.717, 1.165) is 12.0 Å². The van der Waals surface area contributed by atoms with Crippen LogP contribution < -0.4 is 0 Å². The predicted octanol–water partition coefficient (Wildman–Crippen LogP) is 2.31. The van der Waals surface area contributed by atoms with E-state index in [0.29, 0.717) is 12.8 Å². The van der Waals surface area contributed by atoms with E-state index in [4.69, 9.17) is 9.47 Å². The number of ether oxygens (including phenoxy) is 2. The summed E-state index contributed by atoms with van der Waals surface area (Å²) in [7, 11) is 0. The molecule has 0 heterocycles. The minimum absolute atomic E-state index is 0.0848. The SMILES string of the molecule is C=C1[C@H](C)CC[C@]2(C)C3=C(C(=O)[C@]4(C[C@@H]4C)[C@H](OC(C)=O)C3=O)[C@H](OC(C)=O)[C@@H](O)[C@H]12. The molecule has 0 bridgehead atoms. The van der Waals surface area contributed by atoms with Crippen molar-refractivity contribution in [2.45, 2.75) is 72.2 Å². The Morgan fingerprint density at radius 3 is 2.23 bits per heavy atom. The summed E-state index contributed by atoms with van der Waals surface area (Å²) in [6, 6.07) is 0. The van der Waals surface area contributed by atoms with Crippen LogP contribution in [0, 0.1) is 28.6 Å². The number of ketones is 2. The first kappa shape index (κ1) is 21.9. The lowest BCUT2D eigenvalue weighted by Crippen LogP contribution is -2.61. The lowest BCUT2D eigenvalue weighted by molar-refractivity contribution is -0.166. The van der Waals surface area contributed by atoms with Crippen molar-refractivity contribution in [2.24, 2.45) is 28.6 Å². The molecule has 168 valence electrons. The van der Waals surface area contributed by atoms with Crippen molar-refractivity contribution in [2.75, 3.05) is 0 Å². The molecule has 7 nitrogen and oxygen atoms in total. The maximum Gasteiger partial charge on any atom is 0.303 e. The number of carbonyl (C=O) groups excluding carboxylic acids is 4. The van der Waals surface area contributed by atoms with Crippen molar-refractivity contribution in [1.29, 1.82) is 0 Å². The Balaban J connectivity index is 1.97. The van der Waals surface area contributed by atoms with Crippen molar-refractivity contribution in [3.63, 3.8) is 0 Å². The molecule has 2 fully saturated rings. The van der Waals surface area contributed by atoms with Crippen LogP contribution in [0.3, 0.4) is 0 Å². The molecule has 31 heavy (non-hydrogen) atoms. The third-order valence-corrected chi connectivity index (χ3v) is 8.15. The van der Waals surface area contributed by atoms with Gasteiger partial charge < -0.3 is 14.6 Å². The predicted molar refractivity (Wildman–Crippen MR) is 110 cm³/mol. The summed E-state index contributed by atoms with van der Waals surface area (Å²) in [4.78, 5) is 51.5. The summed E-state index contributed by atoms with van der Waals surface area (Å²) in [6.45, 7) is 12.3. The lowest BCUT2D eigenvalue weighted by Gasteiger charge is -2.55. The molecule has 0 aromatic rings. The lowest BCUT2D eigenvalue weighted by atomic mass is 9.50. The topological polar surface area (TPSA) is 107 Å². The Morgan fingerprint density at radius 2 is 1.71 bits per heavy atom. The second kappa shape index (κ2) is 6.86. The molecular weight excluding hydrogens is 400 g/mol. The van der Waals surface area contributed by atoms with Crippen LogP contribution >= 0.6 is 0 Å². The van der Waals surface area contributed by atoms with Crippen molar-refractivity contribution >= 4 is 23.5 Å². The fraction of sp³-hybridized carbons (Fsp3) is 0.667. The van der Waals surface area contributed by atoms with Crippen LogP contribution in [0.1, 0.15) is 53.9 Å². The van der Waals surface area contributed by atoms with Gasteiger partial charge in [-0.3, -0.25) is 19.2 Å². The third kappa shape index (κ3) is 2.81. The standard InChI is InChI=1S/C24H30O7/c1-10-7-8-23(6)16(12(10)3)18(27)20(30-13(4)25)15-17(23)19(28)22(31-14(5)26)24(21(15)29)9-11(24)2/h10-11,16,18,20,22,27H,3,7-9H2,1-2,4-6H3/t10-,11+,16+,18+,20+,22-,23+,24-/m1/s1. The van der Waals surface area contributed by atoms with Gasteiger partial charge in [-0.15, -0.1) is 0 Å². The summed E-state index contributed by atoms with van der Waals surface area (Å²) >= 11 is 0. The van der Waals surface area contributed by atoms with E-state index in [-0.39, 0.29) is 28.8 Å². The molecule has 0 unspecified atom stereocenters. The number of hydrogen-bond donors (Lipinski definition) is 1. The highest BCUT2D eigenvalue weighted by Gasteiger charge is 2.73. The van der Waals surface area contributed by atoms with Crippen molar-refractivity contribution in [1.82, 2.24) is 0 Å². The number of aliphatic hydroxyl groups excluding tert-OH is 1. The monoisotopic (exact) mass is 430 g/mol. The normalized spacial score (nSPS) is 44.0. The first-order chi connectivity index (χ1) is 14.4. The van der Waals surface area contributed by atoms with Crippen molar-refractivity contribution in [3.8, 4) is 0 Å². The van der Waals surface area contributed by atoms with Gasteiger partial charge in [-0.2, -0.15) is 0 Å². The minimum atomic E-state index is -1.24. The first-order valence-electron chi connectivity index (χ1n) is 10.9. The fourth-order valence-electron chi connectivity index (χ4n) is 6.40. The van der Waals surface area contributed by atoms with Crippen LogP contribution in [0.4, 0.5) is 0 Å². The molecular formula is C24H30O7. The van der Waals surface area contributed by atoms with Gasteiger partial charge >= 0.3 is 11.9 Å². The summed E-state index contributed by atoms with van der Waals surface area (Å²) in [6.07, 6.45) is -1.91. The van der Waals surface area contributed by atoms with Gasteiger partial charge in [0.15, 0.2) is 18.0 Å². The van der Waals surface area contributed by atoms with Gasteiger partial charge in [0, 0.05) is 36.3 Å². The molecule has 0 aliphatic heterocycles. The molecule has 0 aromatic heterocycles. The maximum absolute atomic E-state index is 13.9. The Bertz CT molecular complexity index is 946. The molecule has 4 aliphatic carbocycles. The molecule has 0 aromatic carbocycles. The first-order valence-corrected chi connectivity index (χ1v) is 10.9. The van der Waals surface area contributed by atoms with Gasteiger partial charge in [0.2, 0.25) is 5.78 Å². The summed E-state index contributed by atoms with van der Waals surface area (Å²) in [5.74, 6) is -2.63. The summed E-state index contributed by atoms with van der Waals surface area (Å²) in [5.41, 5.74) is -0.916. The van der Waals surface area contributed by atoms with E-state index in [1.54, 1.807) is 0 Å². The van der Waals surface area contributed by atoms with Crippen LogP contribution in [-0.2, 0) is 28.7 Å². The van der Waals surface area contributed by atoms with Crippen LogP contribution in [0.25, 0.3) is 0 Å². The summed E-state index contributed by atoms with van der Waals surface area (Å²) < 4.78 is 10.9. The Morgan fingerprint density at radius 1 is 1.13 bits per heavy atom. The summed E-state index contributed by atoms with van der Waals surface area (Å²) in [5, 5.41) is 11.4. The Hall–Kier alpha value is -2.28. The molecule has 0 amide bonds. The zero-order valence-electron chi connectivity index (χ0n) is 18.7.